The molecule has 1 heterocycles. The second-order valence-corrected chi connectivity index (χ2v) is 5.44. The second kappa shape index (κ2) is 6.04. The van der Waals surface area contributed by atoms with Crippen LogP contribution in [0, 0.1) is 6.92 Å². The van der Waals surface area contributed by atoms with Crippen LogP contribution in [-0.4, -0.2) is 20.6 Å². The molecule has 2 aromatic carbocycles. The van der Waals surface area contributed by atoms with Crippen molar-refractivity contribution in [3.05, 3.63) is 87.8 Å². The van der Waals surface area contributed by atoms with Gasteiger partial charge in [0.15, 0.2) is 5.78 Å². The van der Waals surface area contributed by atoms with Crippen molar-refractivity contribution < 1.29 is 15.0 Å². The number of phenolic OH excluding ortho intramolecular Hbond substituents is 2. The van der Waals surface area contributed by atoms with Crippen molar-refractivity contribution in [3.63, 3.8) is 0 Å². The molecule has 0 bridgehead atoms. The van der Waals surface area contributed by atoms with Gasteiger partial charge in [-0.15, -0.1) is 0 Å². The fourth-order valence-corrected chi connectivity index (χ4v) is 2.51. The van der Waals surface area contributed by atoms with Crippen LogP contribution in [0.5, 0.6) is 11.5 Å². The van der Waals surface area contributed by atoms with Gasteiger partial charge in [0.25, 0.3) is 5.56 Å². The summed E-state index contributed by atoms with van der Waals surface area (Å²) in [5, 5.41) is 19.2. The summed E-state index contributed by atoms with van der Waals surface area (Å²) in [5.74, 6) is -0.877. The van der Waals surface area contributed by atoms with Crippen molar-refractivity contribution in [2.75, 3.05) is 0 Å². The van der Waals surface area contributed by atoms with Crippen LogP contribution in [0.2, 0.25) is 0 Å². The van der Waals surface area contributed by atoms with Gasteiger partial charge in [-0.05, 0) is 36.8 Å². The van der Waals surface area contributed by atoms with E-state index >= 15 is 0 Å². The predicted octanol–water partition coefficient (Wildman–Crippen LogP) is 2.79. The third-order valence-corrected chi connectivity index (χ3v) is 3.77. The van der Waals surface area contributed by atoms with Crippen molar-refractivity contribution in [3.8, 4) is 17.2 Å². The van der Waals surface area contributed by atoms with Crippen LogP contribution in [-0.2, 0) is 0 Å². The topological polar surface area (TPSA) is 79.5 Å². The molecule has 3 aromatic rings. The number of aromatic nitrogens is 1. The quantitative estimate of drug-likeness (QED) is 0.727. The summed E-state index contributed by atoms with van der Waals surface area (Å²) in [5.41, 5.74) is 1.65. The number of carbonyl (C=O) groups excluding carboxylic acids is 1. The van der Waals surface area contributed by atoms with E-state index in [1.807, 2.05) is 25.1 Å². The van der Waals surface area contributed by atoms with E-state index < -0.39 is 5.78 Å². The number of rotatable bonds is 3. The molecule has 0 radical (unpaired) electrons. The van der Waals surface area contributed by atoms with E-state index in [2.05, 4.69) is 0 Å². The number of hydrogen-bond acceptors (Lipinski definition) is 4. The molecular formula is C19H15NO4. The summed E-state index contributed by atoms with van der Waals surface area (Å²) in [7, 11) is 0. The zero-order valence-electron chi connectivity index (χ0n) is 12.9. The summed E-state index contributed by atoms with van der Waals surface area (Å²) in [4.78, 5) is 24.8. The van der Waals surface area contributed by atoms with E-state index in [9.17, 15) is 19.8 Å². The van der Waals surface area contributed by atoms with Crippen molar-refractivity contribution >= 4 is 5.78 Å². The fourth-order valence-electron chi connectivity index (χ4n) is 2.51. The number of para-hydroxylation sites is 1. The Morgan fingerprint density at radius 2 is 1.75 bits per heavy atom. The molecule has 0 aliphatic rings. The zero-order valence-corrected chi connectivity index (χ0v) is 12.9. The molecule has 3 rings (SSSR count). The molecule has 120 valence electrons. The Morgan fingerprint density at radius 3 is 2.46 bits per heavy atom. The highest BCUT2D eigenvalue weighted by molar-refractivity contribution is 6.10. The molecule has 0 atom stereocenters. The highest BCUT2D eigenvalue weighted by Gasteiger charge is 2.15. The molecule has 0 fully saturated rings. The summed E-state index contributed by atoms with van der Waals surface area (Å²) in [6, 6.07) is 13.9. The number of phenols is 2. The van der Waals surface area contributed by atoms with E-state index in [4.69, 9.17) is 0 Å². The number of ketones is 1. The monoisotopic (exact) mass is 321 g/mol. The molecule has 24 heavy (non-hydrogen) atoms. The average Bonchev–Trinajstić information content (AvgIpc) is 2.55. The Balaban J connectivity index is 2.10. The number of pyridine rings is 1. The lowest BCUT2D eigenvalue weighted by atomic mass is 10.0. The molecule has 5 nitrogen and oxygen atoms in total. The lowest BCUT2D eigenvalue weighted by Crippen LogP contribution is -2.19. The first-order chi connectivity index (χ1) is 11.5. The molecule has 0 unspecified atom stereocenters. The number of carbonyl (C=O) groups is 1. The van der Waals surface area contributed by atoms with Crippen LogP contribution < -0.4 is 5.56 Å². The summed E-state index contributed by atoms with van der Waals surface area (Å²) in [6.07, 6.45) is 1.46. The van der Waals surface area contributed by atoms with Crippen LogP contribution in [0.15, 0.2) is 65.6 Å². The van der Waals surface area contributed by atoms with E-state index in [0.717, 1.165) is 11.6 Å². The number of nitrogens with zero attached hydrogens (tertiary/aromatic N) is 1. The molecule has 0 saturated heterocycles. The highest BCUT2D eigenvalue weighted by atomic mass is 16.3. The van der Waals surface area contributed by atoms with Gasteiger partial charge in [0.1, 0.15) is 11.5 Å². The Morgan fingerprint density at radius 1 is 1.00 bits per heavy atom. The van der Waals surface area contributed by atoms with Crippen molar-refractivity contribution in [2.24, 2.45) is 0 Å². The van der Waals surface area contributed by atoms with Gasteiger partial charge in [0.2, 0.25) is 0 Å². The highest BCUT2D eigenvalue weighted by Crippen LogP contribution is 2.25. The Hall–Kier alpha value is -3.34. The Bertz CT molecular complexity index is 989. The molecule has 0 aliphatic heterocycles. The van der Waals surface area contributed by atoms with Gasteiger partial charge in [-0.25, -0.2) is 0 Å². The van der Waals surface area contributed by atoms with Crippen LogP contribution in [0.1, 0.15) is 21.5 Å². The lowest BCUT2D eigenvalue weighted by molar-refractivity contribution is 0.103. The van der Waals surface area contributed by atoms with Crippen LogP contribution >= 0.6 is 0 Å². The van der Waals surface area contributed by atoms with Gasteiger partial charge in [0, 0.05) is 23.9 Å². The summed E-state index contributed by atoms with van der Waals surface area (Å²) in [6.45, 7) is 1.88. The lowest BCUT2D eigenvalue weighted by Gasteiger charge is -2.11. The number of aromatic hydroxyl groups is 2. The number of hydrogen-bond donors (Lipinski definition) is 2. The van der Waals surface area contributed by atoms with Gasteiger partial charge in [0.05, 0.1) is 11.3 Å². The molecule has 0 saturated carbocycles. The van der Waals surface area contributed by atoms with Gasteiger partial charge in [-0.1, -0.05) is 18.2 Å². The van der Waals surface area contributed by atoms with Gasteiger partial charge in [-0.3, -0.25) is 14.2 Å². The van der Waals surface area contributed by atoms with Crippen LogP contribution in [0.25, 0.3) is 5.69 Å². The smallest absolute Gasteiger partial charge is 0.255 e. The largest absolute Gasteiger partial charge is 0.508 e. The first-order valence-corrected chi connectivity index (χ1v) is 7.33. The zero-order chi connectivity index (χ0) is 17.3. The first kappa shape index (κ1) is 15.6. The third kappa shape index (κ3) is 2.79. The van der Waals surface area contributed by atoms with E-state index in [1.165, 1.54) is 35.0 Å². The third-order valence-electron chi connectivity index (χ3n) is 3.77. The molecule has 0 aliphatic carbocycles. The van der Waals surface area contributed by atoms with Crippen LogP contribution in [0.4, 0.5) is 0 Å². The maximum Gasteiger partial charge on any atom is 0.255 e. The summed E-state index contributed by atoms with van der Waals surface area (Å²) < 4.78 is 1.40. The number of aryl methyl sites for hydroxylation is 1. The van der Waals surface area contributed by atoms with Gasteiger partial charge >= 0.3 is 0 Å². The molecular weight excluding hydrogens is 306 g/mol. The predicted molar refractivity (Wildman–Crippen MR) is 90.0 cm³/mol. The standard InChI is InChI=1S/C19H15NO4/c1-12-4-2-3-5-16(12)20-11-13(6-9-18(20)23)19(24)15-8-7-14(21)10-17(15)22/h2-11,21-22H,1H3. The molecule has 0 amide bonds. The Kier molecular flexibility index (Phi) is 3.92. The minimum atomic E-state index is -0.435. The molecule has 2 N–H and O–H groups in total. The maximum absolute atomic E-state index is 12.6. The molecule has 1 aromatic heterocycles. The second-order valence-electron chi connectivity index (χ2n) is 5.44. The van der Waals surface area contributed by atoms with Gasteiger partial charge < -0.3 is 10.2 Å². The molecule has 5 heteroatoms. The average molecular weight is 321 g/mol. The van der Waals surface area contributed by atoms with Crippen molar-refractivity contribution in [1.29, 1.82) is 0 Å². The SMILES string of the molecule is Cc1ccccc1-n1cc(C(=O)c2ccc(O)cc2O)ccc1=O. The fraction of sp³-hybridized carbons (Fsp3) is 0.0526. The number of benzene rings is 2. The molecule has 0 spiro atoms. The maximum atomic E-state index is 12.6. The minimum absolute atomic E-state index is 0.0581. The minimum Gasteiger partial charge on any atom is -0.508 e. The van der Waals surface area contributed by atoms with Crippen LogP contribution in [0.3, 0.4) is 0 Å². The van der Waals surface area contributed by atoms with Crippen molar-refractivity contribution in [2.45, 2.75) is 6.92 Å². The normalized spacial score (nSPS) is 10.5. The van der Waals surface area contributed by atoms with Gasteiger partial charge in [-0.2, -0.15) is 0 Å². The summed E-state index contributed by atoms with van der Waals surface area (Å²) >= 11 is 0. The van der Waals surface area contributed by atoms with E-state index in [0.29, 0.717) is 5.69 Å². The van der Waals surface area contributed by atoms with Crippen molar-refractivity contribution in [1.82, 2.24) is 4.57 Å². The first-order valence-electron chi connectivity index (χ1n) is 7.33. The van der Waals surface area contributed by atoms with E-state index in [-0.39, 0.29) is 28.2 Å². The Labute approximate surface area is 138 Å². The van der Waals surface area contributed by atoms with E-state index in [1.54, 1.807) is 6.07 Å².